The minimum Gasteiger partial charge on any atom is -0.389 e. The van der Waals surface area contributed by atoms with Crippen LogP contribution in [0.1, 0.15) is 18.4 Å². The van der Waals surface area contributed by atoms with Gasteiger partial charge in [-0.3, -0.25) is 4.79 Å². The molecule has 0 saturated carbocycles. The topological polar surface area (TPSA) is 49.6 Å². The third kappa shape index (κ3) is 3.41. The molecule has 1 aliphatic heterocycles. The summed E-state index contributed by atoms with van der Waals surface area (Å²) in [5, 5.41) is 0.579. The average molecular weight is 312 g/mol. The first-order valence-corrected chi connectivity index (χ1v) is 7.36. The summed E-state index contributed by atoms with van der Waals surface area (Å²) < 4.78 is 0. The first-order chi connectivity index (χ1) is 9.49. The predicted molar refractivity (Wildman–Crippen MR) is 86.4 cm³/mol. The standard InChI is InChI=1S/C14H18ClN3OS/c1-17(9-13(19)18-6-2-3-7-18)12-5-4-10(15)8-11(12)14(16)20/h4-5,8H,2-3,6-7,9H2,1H3,(H2,16,20). The van der Waals surface area contributed by atoms with Gasteiger partial charge in [0.15, 0.2) is 0 Å². The quantitative estimate of drug-likeness (QED) is 0.865. The second-order valence-corrected chi connectivity index (χ2v) is 5.85. The number of amides is 1. The number of benzene rings is 1. The lowest BCUT2D eigenvalue weighted by atomic mass is 10.1. The molecule has 0 spiro atoms. The molecule has 108 valence electrons. The molecule has 1 aromatic carbocycles. The zero-order valence-electron chi connectivity index (χ0n) is 11.4. The minimum absolute atomic E-state index is 0.133. The fourth-order valence-electron chi connectivity index (χ4n) is 2.39. The number of hydrogen-bond acceptors (Lipinski definition) is 3. The van der Waals surface area contributed by atoms with Crippen LogP contribution in [0.25, 0.3) is 0 Å². The van der Waals surface area contributed by atoms with Crippen molar-refractivity contribution in [3.8, 4) is 0 Å². The largest absolute Gasteiger partial charge is 0.389 e. The van der Waals surface area contributed by atoms with Gasteiger partial charge in [0.1, 0.15) is 4.99 Å². The summed E-state index contributed by atoms with van der Waals surface area (Å²) in [6.45, 7) is 2.03. The highest BCUT2D eigenvalue weighted by molar-refractivity contribution is 7.80. The fourth-order valence-corrected chi connectivity index (χ4v) is 2.73. The molecule has 6 heteroatoms. The summed E-state index contributed by atoms with van der Waals surface area (Å²) in [6.07, 6.45) is 2.18. The van der Waals surface area contributed by atoms with Crippen molar-refractivity contribution in [1.82, 2.24) is 4.90 Å². The van der Waals surface area contributed by atoms with Crippen LogP contribution in [-0.2, 0) is 4.79 Å². The Morgan fingerprint density at radius 3 is 2.70 bits per heavy atom. The Morgan fingerprint density at radius 2 is 2.10 bits per heavy atom. The van der Waals surface area contributed by atoms with Gasteiger partial charge in [-0.2, -0.15) is 0 Å². The zero-order valence-corrected chi connectivity index (χ0v) is 13.0. The van der Waals surface area contributed by atoms with Crippen LogP contribution in [0.3, 0.4) is 0 Å². The number of rotatable bonds is 4. The lowest BCUT2D eigenvalue weighted by Crippen LogP contribution is -2.37. The van der Waals surface area contributed by atoms with E-state index in [1.165, 1.54) is 0 Å². The number of likely N-dealkylation sites (N-methyl/N-ethyl adjacent to an activating group) is 1. The number of likely N-dealkylation sites (tertiary alicyclic amines) is 1. The van der Waals surface area contributed by atoms with Crippen molar-refractivity contribution in [3.05, 3.63) is 28.8 Å². The predicted octanol–water partition coefficient (Wildman–Crippen LogP) is 2.03. The third-order valence-corrected chi connectivity index (χ3v) is 3.92. The van der Waals surface area contributed by atoms with Gasteiger partial charge >= 0.3 is 0 Å². The van der Waals surface area contributed by atoms with Crippen LogP contribution >= 0.6 is 23.8 Å². The SMILES string of the molecule is CN(CC(=O)N1CCCC1)c1ccc(Cl)cc1C(N)=S. The first-order valence-electron chi connectivity index (χ1n) is 6.57. The van der Waals surface area contributed by atoms with Gasteiger partial charge in [-0.25, -0.2) is 0 Å². The molecule has 20 heavy (non-hydrogen) atoms. The van der Waals surface area contributed by atoms with Crippen molar-refractivity contribution in [2.45, 2.75) is 12.8 Å². The summed E-state index contributed by atoms with van der Waals surface area (Å²) >= 11 is 11.0. The maximum Gasteiger partial charge on any atom is 0.242 e. The van der Waals surface area contributed by atoms with E-state index >= 15 is 0 Å². The molecule has 2 rings (SSSR count). The molecule has 1 amide bonds. The Kier molecular flexibility index (Phi) is 4.83. The van der Waals surface area contributed by atoms with Gasteiger partial charge in [0.25, 0.3) is 0 Å². The monoisotopic (exact) mass is 311 g/mol. The maximum absolute atomic E-state index is 12.2. The van der Waals surface area contributed by atoms with E-state index in [1.807, 2.05) is 22.9 Å². The molecule has 1 fully saturated rings. The third-order valence-electron chi connectivity index (χ3n) is 3.47. The van der Waals surface area contributed by atoms with E-state index in [0.717, 1.165) is 31.6 Å². The molecular formula is C14H18ClN3OS. The molecule has 1 aromatic rings. The van der Waals surface area contributed by atoms with Gasteiger partial charge in [0.2, 0.25) is 5.91 Å². The fraction of sp³-hybridized carbons (Fsp3) is 0.429. The van der Waals surface area contributed by atoms with Crippen molar-refractivity contribution in [3.63, 3.8) is 0 Å². The van der Waals surface area contributed by atoms with E-state index in [4.69, 9.17) is 29.6 Å². The van der Waals surface area contributed by atoms with Crippen molar-refractivity contribution in [2.75, 3.05) is 31.6 Å². The lowest BCUT2D eigenvalue weighted by molar-refractivity contribution is -0.128. The molecule has 0 radical (unpaired) electrons. The molecule has 1 aliphatic rings. The molecule has 0 bridgehead atoms. The lowest BCUT2D eigenvalue weighted by Gasteiger charge is -2.24. The summed E-state index contributed by atoms with van der Waals surface area (Å²) in [5.41, 5.74) is 7.25. The summed E-state index contributed by atoms with van der Waals surface area (Å²) in [4.78, 5) is 16.2. The molecule has 0 unspecified atom stereocenters. The summed E-state index contributed by atoms with van der Waals surface area (Å²) in [6, 6.07) is 5.35. The number of thiocarbonyl (C=S) groups is 1. The van der Waals surface area contributed by atoms with Gasteiger partial charge in [0.05, 0.1) is 6.54 Å². The summed E-state index contributed by atoms with van der Waals surface area (Å²) in [7, 11) is 1.86. The van der Waals surface area contributed by atoms with Crippen LogP contribution in [0.15, 0.2) is 18.2 Å². The Balaban J connectivity index is 2.14. The molecular weight excluding hydrogens is 294 g/mol. The number of carbonyl (C=O) groups excluding carboxylic acids is 1. The minimum atomic E-state index is 0.133. The molecule has 1 heterocycles. The molecule has 0 aromatic heterocycles. The molecule has 2 N–H and O–H groups in total. The van der Waals surface area contributed by atoms with Gasteiger partial charge < -0.3 is 15.5 Å². The Hall–Kier alpha value is -1.33. The molecule has 0 aliphatic carbocycles. The molecule has 4 nitrogen and oxygen atoms in total. The second-order valence-electron chi connectivity index (χ2n) is 4.97. The number of nitrogens with two attached hydrogens (primary N) is 1. The van der Waals surface area contributed by atoms with Crippen LogP contribution < -0.4 is 10.6 Å². The van der Waals surface area contributed by atoms with Gasteiger partial charge in [0, 0.05) is 36.4 Å². The van der Waals surface area contributed by atoms with Crippen LogP contribution in [0, 0.1) is 0 Å². The molecule has 1 saturated heterocycles. The number of nitrogens with zero attached hydrogens (tertiary/aromatic N) is 2. The number of hydrogen-bond donors (Lipinski definition) is 1. The first kappa shape index (κ1) is 15.1. The second kappa shape index (κ2) is 6.41. The van der Waals surface area contributed by atoms with Crippen molar-refractivity contribution < 1.29 is 4.79 Å². The van der Waals surface area contributed by atoms with E-state index in [2.05, 4.69) is 0 Å². The maximum atomic E-state index is 12.2. The zero-order chi connectivity index (χ0) is 14.7. The van der Waals surface area contributed by atoms with E-state index in [-0.39, 0.29) is 10.9 Å². The Labute approximate surface area is 129 Å². The normalized spacial score (nSPS) is 14.4. The Bertz CT molecular complexity index is 529. The number of halogens is 1. The highest BCUT2D eigenvalue weighted by Gasteiger charge is 2.20. The van der Waals surface area contributed by atoms with Crippen molar-refractivity contribution in [1.29, 1.82) is 0 Å². The van der Waals surface area contributed by atoms with Crippen molar-refractivity contribution >= 4 is 40.4 Å². The van der Waals surface area contributed by atoms with Gasteiger partial charge in [-0.15, -0.1) is 0 Å². The smallest absolute Gasteiger partial charge is 0.242 e. The van der Waals surface area contributed by atoms with Gasteiger partial charge in [-0.1, -0.05) is 23.8 Å². The van der Waals surface area contributed by atoms with E-state index in [9.17, 15) is 4.79 Å². The van der Waals surface area contributed by atoms with Crippen LogP contribution in [0.5, 0.6) is 0 Å². The van der Waals surface area contributed by atoms with E-state index < -0.39 is 0 Å². The Morgan fingerprint density at radius 1 is 1.45 bits per heavy atom. The highest BCUT2D eigenvalue weighted by atomic mass is 35.5. The summed E-state index contributed by atoms with van der Waals surface area (Å²) in [5.74, 6) is 0.133. The average Bonchev–Trinajstić information content (AvgIpc) is 2.92. The van der Waals surface area contributed by atoms with Crippen molar-refractivity contribution in [2.24, 2.45) is 5.73 Å². The number of anilines is 1. The van der Waals surface area contributed by atoms with Gasteiger partial charge in [-0.05, 0) is 31.0 Å². The van der Waals surface area contributed by atoms with E-state index in [0.29, 0.717) is 17.1 Å². The highest BCUT2D eigenvalue weighted by Crippen LogP contribution is 2.24. The number of carbonyl (C=O) groups is 1. The van der Waals surface area contributed by atoms with E-state index in [1.54, 1.807) is 12.1 Å². The molecule has 0 atom stereocenters. The van der Waals surface area contributed by atoms with Crippen LogP contribution in [0.4, 0.5) is 5.69 Å². The van der Waals surface area contributed by atoms with Crippen LogP contribution in [0.2, 0.25) is 5.02 Å². The van der Waals surface area contributed by atoms with Crippen LogP contribution in [-0.4, -0.2) is 42.5 Å².